The lowest BCUT2D eigenvalue weighted by atomic mass is 9.91. The Morgan fingerprint density at radius 2 is 2.00 bits per heavy atom. The van der Waals surface area contributed by atoms with Crippen molar-refractivity contribution >= 4 is 23.2 Å². The van der Waals surface area contributed by atoms with Gasteiger partial charge < -0.3 is 14.8 Å². The van der Waals surface area contributed by atoms with E-state index in [1.807, 2.05) is 25.1 Å². The minimum Gasteiger partial charge on any atom is -0.497 e. The van der Waals surface area contributed by atoms with Crippen LogP contribution >= 0.6 is 11.3 Å². The molecule has 142 valence electrons. The fraction of sp³-hybridized carbons (Fsp3) is 0.429. The number of thiophene rings is 1. The maximum atomic E-state index is 12.4. The van der Waals surface area contributed by atoms with Crippen molar-refractivity contribution in [2.24, 2.45) is 5.92 Å². The molecule has 5 nitrogen and oxygen atoms in total. The second-order valence-corrected chi connectivity index (χ2v) is 8.31. The molecule has 1 fully saturated rings. The normalized spacial score (nSPS) is 16.1. The first-order valence-corrected chi connectivity index (χ1v) is 10.1. The number of fused-ring (bicyclic) bond motifs is 3. The quantitative estimate of drug-likeness (QED) is 0.772. The highest BCUT2D eigenvalue weighted by atomic mass is 32.1. The zero-order valence-corrected chi connectivity index (χ0v) is 16.4. The van der Waals surface area contributed by atoms with E-state index in [0.29, 0.717) is 10.8 Å². The van der Waals surface area contributed by atoms with Gasteiger partial charge in [-0.05, 0) is 79.5 Å². The van der Waals surface area contributed by atoms with E-state index in [0.717, 1.165) is 47.4 Å². The van der Waals surface area contributed by atoms with Crippen LogP contribution in [-0.2, 0) is 22.4 Å². The Balaban J connectivity index is 1.42. The molecule has 1 atom stereocenters. The van der Waals surface area contributed by atoms with Gasteiger partial charge in [0.15, 0.2) is 6.61 Å². The van der Waals surface area contributed by atoms with Crippen molar-refractivity contribution in [2.45, 2.75) is 38.6 Å². The number of amides is 1. The van der Waals surface area contributed by atoms with E-state index in [4.69, 9.17) is 9.47 Å². The Kier molecular flexibility index (Phi) is 4.91. The molecule has 1 aromatic heterocycles. The van der Waals surface area contributed by atoms with Gasteiger partial charge >= 0.3 is 5.97 Å². The summed E-state index contributed by atoms with van der Waals surface area (Å²) in [5.74, 6) is 0.757. The highest BCUT2D eigenvalue weighted by Crippen LogP contribution is 2.41. The van der Waals surface area contributed by atoms with Crippen LogP contribution in [0.15, 0.2) is 24.3 Å². The molecule has 0 unspecified atom stereocenters. The van der Waals surface area contributed by atoms with Gasteiger partial charge in [0.25, 0.3) is 5.91 Å². The SMILES string of the molecule is COc1ccc2c(c1)CCc1cc(C(=O)OCC(=O)N[C@@H](C)C3CC3)sc1-2. The Hall–Kier alpha value is -2.34. The Labute approximate surface area is 162 Å². The van der Waals surface area contributed by atoms with Gasteiger partial charge in [-0.2, -0.15) is 0 Å². The van der Waals surface area contributed by atoms with Gasteiger partial charge in [0, 0.05) is 10.9 Å². The highest BCUT2D eigenvalue weighted by molar-refractivity contribution is 7.17. The van der Waals surface area contributed by atoms with Crippen LogP contribution in [0.4, 0.5) is 0 Å². The molecule has 1 saturated carbocycles. The third-order valence-electron chi connectivity index (χ3n) is 5.28. The number of carbonyl (C=O) groups is 2. The van der Waals surface area contributed by atoms with E-state index in [-0.39, 0.29) is 18.6 Å². The number of esters is 1. The summed E-state index contributed by atoms with van der Waals surface area (Å²) in [5.41, 5.74) is 3.55. The predicted octanol–water partition coefficient (Wildman–Crippen LogP) is 3.59. The summed E-state index contributed by atoms with van der Waals surface area (Å²) in [4.78, 5) is 26.0. The molecule has 27 heavy (non-hydrogen) atoms. The summed E-state index contributed by atoms with van der Waals surface area (Å²) in [5, 5.41) is 2.90. The molecule has 0 radical (unpaired) electrons. The summed E-state index contributed by atoms with van der Waals surface area (Å²) in [6.07, 6.45) is 4.13. The third kappa shape index (κ3) is 3.86. The van der Waals surface area contributed by atoms with Crippen molar-refractivity contribution in [2.75, 3.05) is 13.7 Å². The monoisotopic (exact) mass is 385 g/mol. The zero-order valence-electron chi connectivity index (χ0n) is 15.5. The van der Waals surface area contributed by atoms with Crippen molar-refractivity contribution in [3.05, 3.63) is 40.3 Å². The topological polar surface area (TPSA) is 64.6 Å². The van der Waals surface area contributed by atoms with E-state index in [1.54, 1.807) is 7.11 Å². The van der Waals surface area contributed by atoms with Gasteiger partial charge in [0.05, 0.1) is 7.11 Å². The lowest BCUT2D eigenvalue weighted by molar-refractivity contribution is -0.124. The second kappa shape index (κ2) is 7.35. The molecular formula is C21H23NO4S. The average Bonchev–Trinajstić information content (AvgIpc) is 3.44. The minimum atomic E-state index is -0.432. The average molecular weight is 385 g/mol. The number of hydrogen-bond acceptors (Lipinski definition) is 5. The molecule has 6 heteroatoms. The van der Waals surface area contributed by atoms with E-state index in [2.05, 4.69) is 11.4 Å². The number of ether oxygens (including phenoxy) is 2. The number of carbonyl (C=O) groups excluding carboxylic acids is 2. The van der Waals surface area contributed by atoms with Crippen LogP contribution in [0.2, 0.25) is 0 Å². The maximum absolute atomic E-state index is 12.4. The Bertz CT molecular complexity index is 884. The first kappa shape index (κ1) is 18.0. The van der Waals surface area contributed by atoms with Gasteiger partial charge in [-0.15, -0.1) is 11.3 Å². The van der Waals surface area contributed by atoms with Crippen molar-refractivity contribution in [1.82, 2.24) is 5.32 Å². The standard InChI is InChI=1S/C21H23NO4S/c1-12(13-3-4-13)22-19(23)11-26-21(24)18-10-15-6-5-14-9-16(25-2)7-8-17(14)20(15)27-18/h7-10,12-13H,3-6,11H2,1-2H3,(H,22,23)/t12-/m0/s1. The molecule has 0 aliphatic heterocycles. The van der Waals surface area contributed by atoms with Gasteiger partial charge in [0.1, 0.15) is 10.6 Å². The van der Waals surface area contributed by atoms with Crippen LogP contribution in [0.3, 0.4) is 0 Å². The van der Waals surface area contributed by atoms with Crippen molar-refractivity contribution < 1.29 is 19.1 Å². The Morgan fingerprint density at radius 3 is 2.74 bits per heavy atom. The number of methoxy groups -OCH3 is 1. The van der Waals surface area contributed by atoms with E-state index in [1.165, 1.54) is 16.9 Å². The zero-order chi connectivity index (χ0) is 19.0. The van der Waals surface area contributed by atoms with E-state index < -0.39 is 5.97 Å². The summed E-state index contributed by atoms with van der Waals surface area (Å²) >= 11 is 1.43. The molecular weight excluding hydrogens is 362 g/mol. The fourth-order valence-electron chi connectivity index (χ4n) is 3.55. The predicted molar refractivity (Wildman–Crippen MR) is 104 cm³/mol. The maximum Gasteiger partial charge on any atom is 0.348 e. The van der Waals surface area contributed by atoms with E-state index >= 15 is 0 Å². The molecule has 1 aromatic carbocycles. The highest BCUT2D eigenvalue weighted by Gasteiger charge is 2.29. The largest absolute Gasteiger partial charge is 0.497 e. The van der Waals surface area contributed by atoms with Crippen molar-refractivity contribution in [3.63, 3.8) is 0 Å². The molecule has 2 aliphatic rings. The van der Waals surface area contributed by atoms with E-state index in [9.17, 15) is 9.59 Å². The van der Waals surface area contributed by atoms with Crippen LogP contribution in [-0.4, -0.2) is 31.6 Å². The summed E-state index contributed by atoms with van der Waals surface area (Å²) < 4.78 is 10.5. The number of nitrogens with one attached hydrogen (secondary N) is 1. The molecule has 1 amide bonds. The number of hydrogen-bond donors (Lipinski definition) is 1. The van der Waals surface area contributed by atoms with Crippen LogP contribution in [0.25, 0.3) is 10.4 Å². The van der Waals surface area contributed by atoms with Gasteiger partial charge in [-0.1, -0.05) is 0 Å². The number of benzene rings is 1. The smallest absolute Gasteiger partial charge is 0.348 e. The molecule has 2 aliphatic carbocycles. The van der Waals surface area contributed by atoms with Crippen molar-refractivity contribution in [3.8, 4) is 16.2 Å². The molecule has 0 bridgehead atoms. The fourth-order valence-corrected chi connectivity index (χ4v) is 4.71. The first-order valence-electron chi connectivity index (χ1n) is 9.31. The van der Waals surface area contributed by atoms with Crippen molar-refractivity contribution in [1.29, 1.82) is 0 Å². The van der Waals surface area contributed by atoms with Crippen LogP contribution in [0, 0.1) is 5.92 Å². The minimum absolute atomic E-state index is 0.152. The summed E-state index contributed by atoms with van der Waals surface area (Å²) in [6.45, 7) is 1.77. The molecule has 4 rings (SSSR count). The van der Waals surface area contributed by atoms with Gasteiger partial charge in [-0.25, -0.2) is 4.79 Å². The van der Waals surface area contributed by atoms with Crippen LogP contribution < -0.4 is 10.1 Å². The lowest BCUT2D eigenvalue weighted by Gasteiger charge is -2.16. The molecule has 0 spiro atoms. The summed E-state index contributed by atoms with van der Waals surface area (Å²) in [6, 6.07) is 8.10. The third-order valence-corrected chi connectivity index (χ3v) is 6.47. The van der Waals surface area contributed by atoms with Crippen LogP contribution in [0.1, 0.15) is 40.6 Å². The van der Waals surface area contributed by atoms with Crippen LogP contribution in [0.5, 0.6) is 5.75 Å². The van der Waals surface area contributed by atoms with Gasteiger partial charge in [-0.3, -0.25) is 4.79 Å². The molecule has 1 N–H and O–H groups in total. The Morgan fingerprint density at radius 1 is 1.22 bits per heavy atom. The number of rotatable bonds is 6. The molecule has 0 saturated heterocycles. The first-order chi connectivity index (χ1) is 13.0. The second-order valence-electron chi connectivity index (χ2n) is 7.26. The molecule has 2 aromatic rings. The summed E-state index contributed by atoms with van der Waals surface area (Å²) in [7, 11) is 1.66. The van der Waals surface area contributed by atoms with Gasteiger partial charge in [0.2, 0.25) is 0 Å². The number of aryl methyl sites for hydroxylation is 2. The lowest BCUT2D eigenvalue weighted by Crippen LogP contribution is -2.37. The molecule has 1 heterocycles.